The Labute approximate surface area is 163 Å². The van der Waals surface area contributed by atoms with Crippen LogP contribution in [0.25, 0.3) is 16.5 Å². The molecule has 3 rings (SSSR count). The van der Waals surface area contributed by atoms with Crippen LogP contribution in [0.2, 0.25) is 5.02 Å². The van der Waals surface area contributed by atoms with E-state index in [1.165, 1.54) is 28.0 Å². The highest BCUT2D eigenvalue weighted by Gasteiger charge is 2.32. The minimum atomic E-state index is -0.958. The van der Waals surface area contributed by atoms with Gasteiger partial charge in [-0.1, -0.05) is 53.8 Å². The van der Waals surface area contributed by atoms with Crippen LogP contribution in [0.5, 0.6) is 0 Å². The lowest BCUT2D eigenvalue weighted by Gasteiger charge is -2.12. The zero-order chi connectivity index (χ0) is 18.0. The first-order valence-electron chi connectivity index (χ1n) is 7.27. The van der Waals surface area contributed by atoms with Crippen molar-refractivity contribution in [3.05, 3.63) is 51.2 Å². The van der Waals surface area contributed by atoms with Crippen LogP contribution >= 0.6 is 46.9 Å². The SMILES string of the molecule is O=C(O)CCN1C(=O)/C(=C/c2ccc(-c3ccccc3Cl)s2)SC1=S. The summed E-state index contributed by atoms with van der Waals surface area (Å²) >= 11 is 14.1. The third-order valence-corrected chi connectivity index (χ3v) is 6.24. The van der Waals surface area contributed by atoms with E-state index in [1.54, 1.807) is 6.08 Å². The summed E-state index contributed by atoms with van der Waals surface area (Å²) in [5.41, 5.74) is 0.947. The van der Waals surface area contributed by atoms with Crippen molar-refractivity contribution >= 4 is 69.2 Å². The molecule has 2 heterocycles. The van der Waals surface area contributed by atoms with Crippen molar-refractivity contribution in [2.24, 2.45) is 0 Å². The number of hydrogen-bond acceptors (Lipinski definition) is 5. The number of carbonyl (C=O) groups is 2. The molecule has 0 unspecified atom stereocenters. The fourth-order valence-electron chi connectivity index (χ4n) is 2.27. The summed E-state index contributed by atoms with van der Waals surface area (Å²) in [7, 11) is 0. The highest BCUT2D eigenvalue weighted by atomic mass is 35.5. The summed E-state index contributed by atoms with van der Waals surface area (Å²) in [6.07, 6.45) is 1.65. The molecular weight excluding hydrogens is 398 g/mol. The number of thiocarbonyl (C=S) groups is 1. The van der Waals surface area contributed by atoms with E-state index in [0.29, 0.717) is 14.2 Å². The number of carboxylic acid groups (broad SMARTS) is 1. The van der Waals surface area contributed by atoms with Gasteiger partial charge in [0.05, 0.1) is 11.3 Å². The molecule has 25 heavy (non-hydrogen) atoms. The number of carbonyl (C=O) groups excluding carboxylic acids is 1. The smallest absolute Gasteiger partial charge is 0.305 e. The van der Waals surface area contributed by atoms with Crippen molar-refractivity contribution in [1.82, 2.24) is 4.90 Å². The predicted octanol–water partition coefficient (Wildman–Crippen LogP) is 4.74. The molecule has 2 aromatic rings. The number of amides is 1. The highest BCUT2D eigenvalue weighted by Crippen LogP contribution is 2.37. The van der Waals surface area contributed by atoms with Crippen molar-refractivity contribution in [3.63, 3.8) is 0 Å². The zero-order valence-corrected chi connectivity index (χ0v) is 16.0. The van der Waals surface area contributed by atoms with Gasteiger partial charge in [0.1, 0.15) is 4.32 Å². The lowest BCUT2D eigenvalue weighted by Crippen LogP contribution is -2.30. The van der Waals surface area contributed by atoms with Crippen molar-refractivity contribution in [1.29, 1.82) is 0 Å². The fraction of sp³-hybridized carbons (Fsp3) is 0.118. The topological polar surface area (TPSA) is 57.6 Å². The number of nitrogens with zero attached hydrogens (tertiary/aromatic N) is 1. The van der Waals surface area contributed by atoms with E-state index in [9.17, 15) is 9.59 Å². The Bertz CT molecular complexity index is 891. The molecular formula is C17H12ClNO3S3. The van der Waals surface area contributed by atoms with Gasteiger partial charge in [0.2, 0.25) is 0 Å². The second-order valence-corrected chi connectivity index (χ2v) is 8.36. The first kappa shape index (κ1) is 18.1. The molecule has 1 aromatic heterocycles. The Balaban J connectivity index is 1.80. The first-order chi connectivity index (χ1) is 12.0. The number of thiophene rings is 1. The molecule has 0 aliphatic carbocycles. The molecule has 8 heteroatoms. The number of hydrogen-bond donors (Lipinski definition) is 1. The van der Waals surface area contributed by atoms with Crippen LogP contribution in [0, 0.1) is 0 Å². The predicted molar refractivity (Wildman–Crippen MR) is 107 cm³/mol. The average Bonchev–Trinajstić information content (AvgIpc) is 3.12. The molecule has 0 spiro atoms. The maximum Gasteiger partial charge on any atom is 0.305 e. The quantitative estimate of drug-likeness (QED) is 0.570. The van der Waals surface area contributed by atoms with Crippen molar-refractivity contribution in [2.45, 2.75) is 6.42 Å². The maximum atomic E-state index is 12.4. The van der Waals surface area contributed by atoms with Crippen LogP contribution in [-0.4, -0.2) is 32.7 Å². The Morgan fingerprint density at radius 3 is 2.76 bits per heavy atom. The van der Waals surface area contributed by atoms with Gasteiger partial charge in [-0.3, -0.25) is 14.5 Å². The summed E-state index contributed by atoms with van der Waals surface area (Å²) in [5.74, 6) is -1.20. The molecule has 1 fully saturated rings. The van der Waals surface area contributed by atoms with Crippen molar-refractivity contribution in [3.8, 4) is 10.4 Å². The summed E-state index contributed by atoms with van der Waals surface area (Å²) in [4.78, 5) is 26.9. The van der Waals surface area contributed by atoms with E-state index < -0.39 is 5.97 Å². The van der Waals surface area contributed by atoms with Crippen molar-refractivity contribution < 1.29 is 14.7 Å². The van der Waals surface area contributed by atoms with Crippen LogP contribution in [0.3, 0.4) is 0 Å². The second-order valence-electron chi connectivity index (χ2n) is 5.16. The van der Waals surface area contributed by atoms with E-state index in [-0.39, 0.29) is 18.9 Å². The monoisotopic (exact) mass is 409 g/mol. The van der Waals surface area contributed by atoms with E-state index >= 15 is 0 Å². The van der Waals surface area contributed by atoms with E-state index in [2.05, 4.69) is 0 Å². The van der Waals surface area contributed by atoms with Gasteiger partial charge in [0.25, 0.3) is 5.91 Å². The second kappa shape index (κ2) is 7.70. The van der Waals surface area contributed by atoms with E-state index in [0.717, 1.165) is 15.3 Å². The van der Waals surface area contributed by atoms with Gasteiger partial charge in [-0.15, -0.1) is 11.3 Å². The van der Waals surface area contributed by atoms with E-state index in [4.69, 9.17) is 28.9 Å². The summed E-state index contributed by atoms with van der Waals surface area (Å²) in [6.45, 7) is 0.0899. The minimum Gasteiger partial charge on any atom is -0.481 e. The molecule has 1 N–H and O–H groups in total. The summed E-state index contributed by atoms with van der Waals surface area (Å²) < 4.78 is 0.389. The van der Waals surface area contributed by atoms with Crippen molar-refractivity contribution in [2.75, 3.05) is 6.54 Å². The molecule has 1 aliphatic heterocycles. The molecule has 1 aromatic carbocycles. The van der Waals surface area contributed by atoms with Crippen LogP contribution < -0.4 is 0 Å². The standard InChI is InChI=1S/C17H12ClNO3S3/c18-12-4-2-1-3-11(12)13-6-5-10(24-13)9-14-16(22)19(17(23)25-14)8-7-15(20)21/h1-6,9H,7-8H2,(H,20,21)/b14-9-. The first-order valence-corrected chi connectivity index (χ1v) is 9.69. The lowest BCUT2D eigenvalue weighted by molar-refractivity contribution is -0.137. The van der Waals surface area contributed by atoms with Gasteiger partial charge < -0.3 is 5.11 Å². The summed E-state index contributed by atoms with van der Waals surface area (Å²) in [5, 5.41) is 9.45. The van der Waals surface area contributed by atoms with Gasteiger partial charge >= 0.3 is 5.97 Å². The van der Waals surface area contributed by atoms with Gasteiger partial charge in [-0.25, -0.2) is 0 Å². The highest BCUT2D eigenvalue weighted by molar-refractivity contribution is 8.26. The molecule has 4 nitrogen and oxygen atoms in total. The molecule has 0 saturated carbocycles. The van der Waals surface area contributed by atoms with Crippen LogP contribution in [-0.2, 0) is 9.59 Å². The number of aliphatic carboxylic acids is 1. The number of rotatable bonds is 5. The molecule has 128 valence electrons. The average molecular weight is 410 g/mol. The van der Waals surface area contributed by atoms with Gasteiger partial charge in [-0.2, -0.15) is 0 Å². The summed E-state index contributed by atoms with van der Waals surface area (Å²) in [6, 6.07) is 11.5. The Morgan fingerprint density at radius 1 is 1.28 bits per heavy atom. The lowest BCUT2D eigenvalue weighted by atomic mass is 10.2. The van der Waals surface area contributed by atoms with E-state index in [1.807, 2.05) is 36.4 Å². The van der Waals surface area contributed by atoms with Crippen LogP contribution in [0.15, 0.2) is 41.3 Å². The molecule has 1 amide bonds. The van der Waals surface area contributed by atoms with Crippen LogP contribution in [0.4, 0.5) is 0 Å². The molecule has 1 saturated heterocycles. The Hall–Kier alpha value is -1.67. The van der Waals surface area contributed by atoms with Gasteiger partial charge in [0, 0.05) is 26.9 Å². The molecule has 0 bridgehead atoms. The minimum absolute atomic E-state index is 0.0899. The Kier molecular flexibility index (Phi) is 5.58. The number of thioether (sulfide) groups is 1. The zero-order valence-electron chi connectivity index (χ0n) is 12.8. The largest absolute Gasteiger partial charge is 0.481 e. The fourth-order valence-corrected chi connectivity index (χ4v) is 4.92. The number of halogens is 1. The van der Waals surface area contributed by atoms with Crippen LogP contribution in [0.1, 0.15) is 11.3 Å². The maximum absolute atomic E-state index is 12.4. The molecule has 0 radical (unpaired) electrons. The van der Waals surface area contributed by atoms with Gasteiger partial charge in [-0.05, 0) is 24.3 Å². The Morgan fingerprint density at radius 2 is 2.04 bits per heavy atom. The number of benzene rings is 1. The number of carboxylic acids is 1. The van der Waals surface area contributed by atoms with Gasteiger partial charge in [0.15, 0.2) is 0 Å². The third-order valence-electron chi connectivity index (χ3n) is 3.46. The third kappa shape index (κ3) is 4.12. The molecule has 1 aliphatic rings. The molecule has 0 atom stereocenters. The normalized spacial score (nSPS) is 16.0.